The summed E-state index contributed by atoms with van der Waals surface area (Å²) in [6, 6.07) is 6.64. The summed E-state index contributed by atoms with van der Waals surface area (Å²) >= 11 is 6.24. The number of hydrogen-bond donors (Lipinski definition) is 1. The molecule has 3 nitrogen and oxygen atoms in total. The van der Waals surface area contributed by atoms with Crippen LogP contribution in [-0.4, -0.2) is 37.6 Å². The number of benzene rings is 1. The zero-order valence-corrected chi connectivity index (χ0v) is 12.7. The number of nitrogens with zero attached hydrogens (tertiary/aromatic N) is 2. The van der Waals surface area contributed by atoms with E-state index >= 15 is 0 Å². The van der Waals surface area contributed by atoms with Crippen LogP contribution in [0.4, 0.5) is 5.69 Å². The molecule has 0 radical (unpaired) electrons. The number of halogens is 1. The van der Waals surface area contributed by atoms with Crippen molar-refractivity contribution in [1.29, 1.82) is 0 Å². The van der Waals surface area contributed by atoms with Crippen molar-refractivity contribution in [3.8, 4) is 0 Å². The number of hydrogen-bond acceptors (Lipinski definition) is 3. The average molecular weight is 282 g/mol. The molecule has 0 unspecified atom stereocenters. The molecule has 0 amide bonds. The highest BCUT2D eigenvalue weighted by atomic mass is 35.5. The summed E-state index contributed by atoms with van der Waals surface area (Å²) in [5.41, 5.74) is 8.09. The van der Waals surface area contributed by atoms with Gasteiger partial charge in [-0.1, -0.05) is 24.6 Å². The molecule has 1 aliphatic heterocycles. The first kappa shape index (κ1) is 14.6. The zero-order chi connectivity index (χ0) is 13.8. The Kier molecular flexibility index (Phi) is 5.08. The summed E-state index contributed by atoms with van der Waals surface area (Å²) in [4.78, 5) is 4.87. The van der Waals surface area contributed by atoms with Crippen molar-refractivity contribution in [1.82, 2.24) is 4.90 Å². The van der Waals surface area contributed by atoms with Gasteiger partial charge in [-0.2, -0.15) is 0 Å². The molecule has 1 fully saturated rings. The number of nitrogens with two attached hydrogens (primary N) is 1. The van der Waals surface area contributed by atoms with E-state index in [2.05, 4.69) is 29.8 Å². The van der Waals surface area contributed by atoms with E-state index in [1.54, 1.807) is 0 Å². The molecular formula is C15H24ClN3. The first-order chi connectivity index (χ1) is 9.17. The van der Waals surface area contributed by atoms with Gasteiger partial charge < -0.3 is 15.5 Å². The Morgan fingerprint density at radius 1 is 1.37 bits per heavy atom. The van der Waals surface area contributed by atoms with Crippen LogP contribution in [0.1, 0.15) is 25.3 Å². The summed E-state index contributed by atoms with van der Waals surface area (Å²) in [7, 11) is 2.16. The van der Waals surface area contributed by atoms with Crippen LogP contribution in [0.15, 0.2) is 18.2 Å². The second-order valence-corrected chi connectivity index (χ2v) is 5.63. The van der Waals surface area contributed by atoms with Crippen molar-refractivity contribution in [3.05, 3.63) is 28.8 Å². The standard InChI is InChI=1S/C15H24ClN3/c1-3-19-9-7-12(8-10-19)18(2)15-6-4-5-14(16)13(15)11-17/h4-6,12H,3,7-11,17H2,1-2H3. The van der Waals surface area contributed by atoms with Crippen LogP contribution in [-0.2, 0) is 6.54 Å². The van der Waals surface area contributed by atoms with E-state index in [9.17, 15) is 0 Å². The van der Waals surface area contributed by atoms with Gasteiger partial charge in [-0.25, -0.2) is 0 Å². The Morgan fingerprint density at radius 2 is 2.05 bits per heavy atom. The summed E-state index contributed by atoms with van der Waals surface area (Å²) in [6.07, 6.45) is 2.42. The van der Waals surface area contributed by atoms with Gasteiger partial charge in [0, 0.05) is 49.0 Å². The Morgan fingerprint density at radius 3 is 2.63 bits per heavy atom. The molecule has 2 rings (SSSR count). The third-order valence-corrected chi connectivity index (χ3v) is 4.58. The SMILES string of the molecule is CCN1CCC(N(C)c2cccc(Cl)c2CN)CC1. The number of rotatable bonds is 4. The molecule has 1 aromatic rings. The van der Waals surface area contributed by atoms with E-state index in [0.29, 0.717) is 12.6 Å². The minimum atomic E-state index is 0.493. The third-order valence-electron chi connectivity index (χ3n) is 4.23. The van der Waals surface area contributed by atoms with Gasteiger partial charge in [0.15, 0.2) is 0 Å². The molecule has 0 saturated carbocycles. The third kappa shape index (κ3) is 3.22. The van der Waals surface area contributed by atoms with Crippen LogP contribution >= 0.6 is 11.6 Å². The molecular weight excluding hydrogens is 258 g/mol. The molecule has 19 heavy (non-hydrogen) atoms. The Balaban J connectivity index is 2.12. The lowest BCUT2D eigenvalue weighted by Gasteiger charge is -2.38. The van der Waals surface area contributed by atoms with Crippen LogP contribution < -0.4 is 10.6 Å². The minimum Gasteiger partial charge on any atom is -0.371 e. The van der Waals surface area contributed by atoms with Crippen molar-refractivity contribution in [2.45, 2.75) is 32.4 Å². The second-order valence-electron chi connectivity index (χ2n) is 5.22. The van der Waals surface area contributed by atoms with Gasteiger partial charge in [0.25, 0.3) is 0 Å². The fourth-order valence-electron chi connectivity index (χ4n) is 2.90. The fourth-order valence-corrected chi connectivity index (χ4v) is 3.15. The first-order valence-corrected chi connectivity index (χ1v) is 7.47. The van der Waals surface area contributed by atoms with E-state index < -0.39 is 0 Å². The van der Waals surface area contributed by atoms with E-state index in [1.807, 2.05) is 12.1 Å². The zero-order valence-electron chi connectivity index (χ0n) is 11.9. The van der Waals surface area contributed by atoms with Crippen LogP contribution in [0.25, 0.3) is 0 Å². The number of likely N-dealkylation sites (tertiary alicyclic amines) is 1. The van der Waals surface area contributed by atoms with E-state index in [4.69, 9.17) is 17.3 Å². The normalized spacial score (nSPS) is 17.7. The highest BCUT2D eigenvalue weighted by Crippen LogP contribution is 2.29. The molecule has 0 aromatic heterocycles. The van der Waals surface area contributed by atoms with Crippen LogP contribution in [0.2, 0.25) is 5.02 Å². The lowest BCUT2D eigenvalue weighted by Crippen LogP contribution is -2.43. The maximum absolute atomic E-state index is 6.24. The highest BCUT2D eigenvalue weighted by molar-refractivity contribution is 6.31. The Bertz CT molecular complexity index is 414. The van der Waals surface area contributed by atoms with Gasteiger partial charge in [0.05, 0.1) is 0 Å². The van der Waals surface area contributed by atoms with Gasteiger partial charge in [-0.05, 0) is 31.5 Å². The van der Waals surface area contributed by atoms with E-state index in [1.165, 1.54) is 31.6 Å². The molecule has 0 atom stereocenters. The molecule has 1 saturated heterocycles. The second kappa shape index (κ2) is 6.60. The maximum Gasteiger partial charge on any atom is 0.0471 e. The van der Waals surface area contributed by atoms with Crippen molar-refractivity contribution in [2.75, 3.05) is 31.6 Å². The maximum atomic E-state index is 6.24. The van der Waals surface area contributed by atoms with Crippen LogP contribution in [0.5, 0.6) is 0 Å². The van der Waals surface area contributed by atoms with E-state index in [-0.39, 0.29) is 0 Å². The molecule has 106 valence electrons. The van der Waals surface area contributed by atoms with Crippen LogP contribution in [0, 0.1) is 0 Å². The quantitative estimate of drug-likeness (QED) is 0.921. The predicted octanol–water partition coefficient (Wildman–Crippen LogP) is 2.72. The fraction of sp³-hybridized carbons (Fsp3) is 0.600. The van der Waals surface area contributed by atoms with Crippen molar-refractivity contribution in [3.63, 3.8) is 0 Å². The largest absolute Gasteiger partial charge is 0.371 e. The van der Waals surface area contributed by atoms with Gasteiger partial charge in [0.1, 0.15) is 0 Å². The predicted molar refractivity (Wildman–Crippen MR) is 82.9 cm³/mol. The lowest BCUT2D eigenvalue weighted by molar-refractivity contribution is 0.221. The van der Waals surface area contributed by atoms with Crippen molar-refractivity contribution >= 4 is 17.3 Å². The first-order valence-electron chi connectivity index (χ1n) is 7.10. The van der Waals surface area contributed by atoms with Gasteiger partial charge in [0.2, 0.25) is 0 Å². The monoisotopic (exact) mass is 281 g/mol. The number of anilines is 1. The Hall–Kier alpha value is -0.770. The minimum absolute atomic E-state index is 0.493. The molecule has 0 spiro atoms. The Labute approximate surface area is 121 Å². The molecule has 2 N–H and O–H groups in total. The molecule has 0 aliphatic carbocycles. The molecule has 4 heteroatoms. The van der Waals surface area contributed by atoms with Gasteiger partial charge in [-0.15, -0.1) is 0 Å². The molecule has 0 bridgehead atoms. The summed E-state index contributed by atoms with van der Waals surface area (Å²) in [5, 5.41) is 0.776. The molecule has 1 heterocycles. The van der Waals surface area contributed by atoms with Crippen LogP contribution in [0.3, 0.4) is 0 Å². The number of piperidine rings is 1. The van der Waals surface area contributed by atoms with E-state index in [0.717, 1.165) is 17.1 Å². The summed E-state index contributed by atoms with van der Waals surface area (Å²) in [6.45, 7) is 6.25. The molecule has 1 aliphatic rings. The van der Waals surface area contributed by atoms with Crippen molar-refractivity contribution < 1.29 is 0 Å². The topological polar surface area (TPSA) is 32.5 Å². The highest BCUT2D eigenvalue weighted by Gasteiger charge is 2.23. The van der Waals surface area contributed by atoms with Gasteiger partial charge in [-0.3, -0.25) is 0 Å². The molecule has 1 aromatic carbocycles. The smallest absolute Gasteiger partial charge is 0.0471 e. The van der Waals surface area contributed by atoms with Crippen molar-refractivity contribution in [2.24, 2.45) is 5.73 Å². The lowest BCUT2D eigenvalue weighted by atomic mass is 10.0. The average Bonchev–Trinajstić information content (AvgIpc) is 2.46. The summed E-state index contributed by atoms with van der Waals surface area (Å²) in [5.74, 6) is 0. The summed E-state index contributed by atoms with van der Waals surface area (Å²) < 4.78 is 0. The van der Waals surface area contributed by atoms with Gasteiger partial charge >= 0.3 is 0 Å².